The molecule has 2 N–H and O–H groups in total. The highest BCUT2D eigenvalue weighted by Crippen LogP contribution is 2.14. The van der Waals surface area contributed by atoms with Crippen molar-refractivity contribution in [3.63, 3.8) is 0 Å². The van der Waals surface area contributed by atoms with Gasteiger partial charge >= 0.3 is 5.97 Å². The maximum absolute atomic E-state index is 11.7. The standard InChI is InChI=1S/C10H11NO5S/c1-3-4-7(2)11-17(14,15)9-6-5-8(16-9)10(12)13/h1,5-7,11H,4H2,2H3,(H,12,13). The van der Waals surface area contributed by atoms with Gasteiger partial charge in [0.1, 0.15) is 0 Å². The van der Waals surface area contributed by atoms with Gasteiger partial charge in [-0.3, -0.25) is 0 Å². The van der Waals surface area contributed by atoms with E-state index in [1.54, 1.807) is 6.92 Å². The molecule has 92 valence electrons. The lowest BCUT2D eigenvalue weighted by Gasteiger charge is -2.09. The topological polar surface area (TPSA) is 96.6 Å². The van der Waals surface area contributed by atoms with Crippen molar-refractivity contribution < 1.29 is 22.7 Å². The van der Waals surface area contributed by atoms with Crippen LogP contribution in [0.2, 0.25) is 0 Å². The summed E-state index contributed by atoms with van der Waals surface area (Å²) in [5.41, 5.74) is 0. The zero-order valence-corrected chi connectivity index (χ0v) is 9.82. The molecule has 6 nitrogen and oxygen atoms in total. The van der Waals surface area contributed by atoms with Crippen molar-refractivity contribution in [2.24, 2.45) is 0 Å². The Morgan fingerprint density at radius 3 is 2.76 bits per heavy atom. The zero-order chi connectivity index (χ0) is 13.1. The zero-order valence-electron chi connectivity index (χ0n) is 9.00. The van der Waals surface area contributed by atoms with E-state index in [1.165, 1.54) is 0 Å². The first-order chi connectivity index (χ1) is 7.86. The third-order valence-electron chi connectivity index (χ3n) is 1.84. The van der Waals surface area contributed by atoms with Crippen molar-refractivity contribution in [2.45, 2.75) is 24.5 Å². The molecule has 0 aliphatic carbocycles. The van der Waals surface area contributed by atoms with Gasteiger partial charge in [-0.25, -0.2) is 17.9 Å². The minimum atomic E-state index is -3.87. The number of rotatable bonds is 5. The first-order valence-corrected chi connectivity index (χ1v) is 6.14. The molecule has 0 spiro atoms. The van der Waals surface area contributed by atoms with Crippen LogP contribution in [-0.4, -0.2) is 25.5 Å². The molecule has 0 aromatic carbocycles. The molecule has 1 unspecified atom stereocenters. The van der Waals surface area contributed by atoms with Crippen molar-refractivity contribution in [3.8, 4) is 12.3 Å². The van der Waals surface area contributed by atoms with Gasteiger partial charge in [-0.2, -0.15) is 0 Å². The molecule has 17 heavy (non-hydrogen) atoms. The number of hydrogen-bond donors (Lipinski definition) is 2. The van der Waals surface area contributed by atoms with E-state index in [0.29, 0.717) is 0 Å². The monoisotopic (exact) mass is 257 g/mol. The minimum Gasteiger partial charge on any atom is -0.475 e. The van der Waals surface area contributed by atoms with E-state index in [1.807, 2.05) is 0 Å². The predicted octanol–water partition coefficient (Wildman–Crippen LogP) is 0.668. The van der Waals surface area contributed by atoms with E-state index >= 15 is 0 Å². The van der Waals surface area contributed by atoms with Crippen molar-refractivity contribution >= 4 is 16.0 Å². The number of aromatic carboxylic acids is 1. The molecule has 0 amide bonds. The van der Waals surface area contributed by atoms with Crippen LogP contribution in [0.3, 0.4) is 0 Å². The number of terminal acetylenes is 1. The van der Waals surface area contributed by atoms with Gasteiger partial charge < -0.3 is 9.52 Å². The number of carbonyl (C=O) groups is 1. The summed E-state index contributed by atoms with van der Waals surface area (Å²) in [5.74, 6) is 0.548. The van der Waals surface area contributed by atoms with Crippen LogP contribution in [0.1, 0.15) is 23.9 Å². The fourth-order valence-electron chi connectivity index (χ4n) is 1.12. The van der Waals surface area contributed by atoms with E-state index in [2.05, 4.69) is 15.1 Å². The summed E-state index contributed by atoms with van der Waals surface area (Å²) in [5, 5.41) is 8.15. The van der Waals surface area contributed by atoms with Crippen LogP contribution in [0, 0.1) is 12.3 Å². The van der Waals surface area contributed by atoms with Gasteiger partial charge in [0.2, 0.25) is 10.9 Å². The molecule has 0 fully saturated rings. The molecule has 0 aliphatic rings. The van der Waals surface area contributed by atoms with Gasteiger partial charge in [-0.1, -0.05) is 0 Å². The Morgan fingerprint density at radius 1 is 1.65 bits per heavy atom. The summed E-state index contributed by atoms with van der Waals surface area (Å²) in [6.07, 6.45) is 5.27. The summed E-state index contributed by atoms with van der Waals surface area (Å²) < 4.78 is 30.3. The van der Waals surface area contributed by atoms with Crippen molar-refractivity contribution in [1.29, 1.82) is 0 Å². The smallest absolute Gasteiger partial charge is 0.371 e. The fourth-order valence-corrected chi connectivity index (χ4v) is 2.30. The van der Waals surface area contributed by atoms with E-state index in [-0.39, 0.29) is 6.42 Å². The van der Waals surface area contributed by atoms with Crippen LogP contribution >= 0.6 is 0 Å². The fraction of sp³-hybridized carbons (Fsp3) is 0.300. The third-order valence-corrected chi connectivity index (χ3v) is 3.30. The average molecular weight is 257 g/mol. The molecule has 0 saturated heterocycles. The van der Waals surface area contributed by atoms with Gasteiger partial charge in [0.25, 0.3) is 10.0 Å². The lowest BCUT2D eigenvalue weighted by Crippen LogP contribution is -2.32. The van der Waals surface area contributed by atoms with E-state index < -0.39 is 32.9 Å². The number of hydrogen-bond acceptors (Lipinski definition) is 4. The molecule has 0 radical (unpaired) electrons. The van der Waals surface area contributed by atoms with E-state index in [4.69, 9.17) is 11.5 Å². The lowest BCUT2D eigenvalue weighted by molar-refractivity contribution is 0.0656. The van der Waals surface area contributed by atoms with Gasteiger partial charge in [-0.05, 0) is 19.1 Å². The van der Waals surface area contributed by atoms with Gasteiger partial charge in [0.05, 0.1) is 0 Å². The SMILES string of the molecule is C#CCC(C)NS(=O)(=O)c1ccc(C(=O)O)o1. The highest BCUT2D eigenvalue weighted by Gasteiger charge is 2.22. The second-order valence-corrected chi connectivity index (χ2v) is 5.00. The van der Waals surface area contributed by atoms with Crippen molar-refractivity contribution in [1.82, 2.24) is 4.72 Å². The summed E-state index contributed by atoms with van der Waals surface area (Å²) >= 11 is 0. The van der Waals surface area contributed by atoms with Crippen LogP contribution in [0.15, 0.2) is 21.6 Å². The van der Waals surface area contributed by atoms with Crippen molar-refractivity contribution in [3.05, 3.63) is 17.9 Å². The summed E-state index contributed by atoms with van der Waals surface area (Å²) in [4.78, 5) is 10.5. The number of furan rings is 1. The van der Waals surface area contributed by atoms with Gasteiger partial charge in [0.15, 0.2) is 0 Å². The quantitative estimate of drug-likeness (QED) is 0.755. The minimum absolute atomic E-state index is 0.228. The molecule has 1 atom stereocenters. The molecule has 1 aromatic heterocycles. The molecular formula is C10H11NO5S. The normalized spacial score (nSPS) is 12.9. The summed E-state index contributed by atoms with van der Waals surface area (Å²) in [6, 6.07) is 1.69. The molecule has 1 aromatic rings. The van der Waals surface area contributed by atoms with Gasteiger partial charge in [-0.15, -0.1) is 12.3 Å². The number of sulfonamides is 1. The number of carboxylic acid groups (broad SMARTS) is 1. The van der Waals surface area contributed by atoms with Crippen molar-refractivity contribution in [2.75, 3.05) is 0 Å². The van der Waals surface area contributed by atoms with Crippen LogP contribution in [0.5, 0.6) is 0 Å². The van der Waals surface area contributed by atoms with E-state index in [9.17, 15) is 13.2 Å². The number of nitrogens with one attached hydrogen (secondary N) is 1. The maximum atomic E-state index is 11.7. The van der Waals surface area contributed by atoms with Crippen LogP contribution in [-0.2, 0) is 10.0 Å². The third kappa shape index (κ3) is 3.34. The molecule has 0 bridgehead atoms. The average Bonchev–Trinajstić information content (AvgIpc) is 2.65. The highest BCUT2D eigenvalue weighted by atomic mass is 32.2. The Kier molecular flexibility index (Phi) is 3.93. The van der Waals surface area contributed by atoms with Gasteiger partial charge in [0, 0.05) is 12.5 Å². The predicted molar refractivity (Wildman–Crippen MR) is 58.9 cm³/mol. The Balaban J connectivity index is 2.90. The largest absolute Gasteiger partial charge is 0.475 e. The summed E-state index contributed by atoms with van der Waals surface area (Å²) in [7, 11) is -3.87. The molecule has 0 saturated carbocycles. The van der Waals surface area contributed by atoms with Crippen LogP contribution in [0.4, 0.5) is 0 Å². The Hall–Kier alpha value is -1.78. The Labute approximate surface area is 98.7 Å². The molecule has 1 rings (SSSR count). The Bertz CT molecular complexity index is 551. The second kappa shape index (κ2) is 5.03. The molecule has 7 heteroatoms. The first-order valence-electron chi connectivity index (χ1n) is 4.65. The molecule has 0 aliphatic heterocycles. The lowest BCUT2D eigenvalue weighted by atomic mass is 10.3. The van der Waals surface area contributed by atoms with E-state index in [0.717, 1.165) is 12.1 Å². The summed E-state index contributed by atoms with van der Waals surface area (Å²) in [6.45, 7) is 1.60. The molecule has 1 heterocycles. The maximum Gasteiger partial charge on any atom is 0.371 e. The highest BCUT2D eigenvalue weighted by molar-refractivity contribution is 7.89. The number of carboxylic acids is 1. The Morgan fingerprint density at radius 2 is 2.29 bits per heavy atom. The van der Waals surface area contributed by atoms with Crippen LogP contribution in [0.25, 0.3) is 0 Å². The molecular weight excluding hydrogens is 246 g/mol. The first kappa shape index (κ1) is 13.3. The van der Waals surface area contributed by atoms with Crippen LogP contribution < -0.4 is 4.72 Å². The second-order valence-electron chi connectivity index (χ2n) is 3.35.